The van der Waals surface area contributed by atoms with Crippen LogP contribution in [0.5, 0.6) is 0 Å². The van der Waals surface area contributed by atoms with Crippen LogP contribution in [0.3, 0.4) is 0 Å². The summed E-state index contributed by atoms with van der Waals surface area (Å²) >= 11 is 1.74. The van der Waals surface area contributed by atoms with E-state index in [-0.39, 0.29) is 0 Å². The molecule has 1 heterocycles. The third kappa shape index (κ3) is 2.80. The second kappa shape index (κ2) is 4.91. The van der Waals surface area contributed by atoms with Gasteiger partial charge in [-0.05, 0) is 47.6 Å². The fourth-order valence-corrected chi connectivity index (χ4v) is 2.45. The first-order chi connectivity index (χ1) is 6.90. The Kier molecular flexibility index (Phi) is 3.56. The first-order valence-corrected chi connectivity index (χ1v) is 6.19. The largest absolute Gasteiger partial charge is 0.396 e. The molecule has 1 aromatic heterocycles. The van der Waals surface area contributed by atoms with E-state index in [1.165, 1.54) is 18.4 Å². The number of rotatable bonds is 6. The predicted molar refractivity (Wildman–Crippen MR) is 59.4 cm³/mol. The van der Waals surface area contributed by atoms with Crippen LogP contribution in [0.25, 0.3) is 0 Å². The highest BCUT2D eigenvalue weighted by Crippen LogP contribution is 2.34. The van der Waals surface area contributed by atoms with Crippen molar-refractivity contribution < 1.29 is 5.11 Å². The summed E-state index contributed by atoms with van der Waals surface area (Å²) in [4.78, 5) is 0. The summed E-state index contributed by atoms with van der Waals surface area (Å²) in [5, 5.41) is 16.7. The van der Waals surface area contributed by atoms with Gasteiger partial charge in [-0.1, -0.05) is 0 Å². The molecule has 2 rings (SSSR count). The third-order valence-electron chi connectivity index (χ3n) is 2.78. The summed E-state index contributed by atoms with van der Waals surface area (Å²) in [5.41, 5.74) is 1.36. The van der Waals surface area contributed by atoms with Crippen molar-refractivity contribution >= 4 is 11.3 Å². The lowest BCUT2D eigenvalue weighted by Gasteiger charge is -2.16. The summed E-state index contributed by atoms with van der Waals surface area (Å²) in [5.74, 6) is 0.820. The molecular formula is C11H17NOS. The maximum atomic E-state index is 8.93. The van der Waals surface area contributed by atoms with Crippen LogP contribution in [-0.2, 0) is 6.54 Å². The van der Waals surface area contributed by atoms with Crippen molar-refractivity contribution in [3.63, 3.8) is 0 Å². The Hall–Kier alpha value is -0.380. The zero-order chi connectivity index (χ0) is 9.80. The van der Waals surface area contributed by atoms with Crippen LogP contribution >= 0.6 is 11.3 Å². The van der Waals surface area contributed by atoms with Gasteiger partial charge in [-0.3, -0.25) is 0 Å². The molecule has 78 valence electrons. The summed E-state index contributed by atoms with van der Waals surface area (Å²) in [6.45, 7) is 1.25. The van der Waals surface area contributed by atoms with Crippen molar-refractivity contribution in [3.8, 4) is 0 Å². The van der Waals surface area contributed by atoms with E-state index in [1.807, 2.05) is 0 Å². The van der Waals surface area contributed by atoms with E-state index >= 15 is 0 Å². The Balaban J connectivity index is 1.76. The number of aliphatic hydroxyl groups is 1. The molecule has 0 aromatic carbocycles. The summed E-state index contributed by atoms with van der Waals surface area (Å²) in [6, 6.07) is 2.68. The minimum Gasteiger partial charge on any atom is -0.396 e. The summed E-state index contributed by atoms with van der Waals surface area (Å²) in [7, 11) is 0. The number of hydrogen-bond donors (Lipinski definition) is 2. The first-order valence-electron chi connectivity index (χ1n) is 5.25. The minimum atomic E-state index is 0.303. The fourth-order valence-electron chi connectivity index (χ4n) is 1.78. The Morgan fingerprint density at radius 2 is 2.43 bits per heavy atom. The Bertz CT molecular complexity index is 256. The molecule has 1 aromatic rings. The average Bonchev–Trinajstić information content (AvgIpc) is 2.90. The maximum absolute atomic E-state index is 8.93. The fraction of sp³-hybridized carbons (Fsp3) is 0.636. The van der Waals surface area contributed by atoms with Crippen molar-refractivity contribution in [3.05, 3.63) is 22.4 Å². The van der Waals surface area contributed by atoms with E-state index in [2.05, 4.69) is 22.1 Å². The van der Waals surface area contributed by atoms with Crippen LogP contribution in [0.1, 0.15) is 24.8 Å². The van der Waals surface area contributed by atoms with Gasteiger partial charge in [-0.15, -0.1) is 0 Å². The van der Waals surface area contributed by atoms with Gasteiger partial charge < -0.3 is 10.4 Å². The monoisotopic (exact) mass is 211 g/mol. The highest BCUT2D eigenvalue weighted by atomic mass is 32.1. The van der Waals surface area contributed by atoms with Crippen LogP contribution in [0.15, 0.2) is 16.8 Å². The zero-order valence-electron chi connectivity index (χ0n) is 8.28. The predicted octanol–water partition coefficient (Wildman–Crippen LogP) is 2.00. The van der Waals surface area contributed by atoms with Crippen LogP contribution in [0.4, 0.5) is 0 Å². The van der Waals surface area contributed by atoms with Crippen molar-refractivity contribution in [2.75, 3.05) is 6.61 Å². The third-order valence-corrected chi connectivity index (χ3v) is 3.51. The Labute approximate surface area is 89.0 Å². The lowest BCUT2D eigenvalue weighted by atomic mass is 10.1. The van der Waals surface area contributed by atoms with Gasteiger partial charge in [0.2, 0.25) is 0 Å². The molecule has 3 heteroatoms. The molecule has 0 saturated heterocycles. The Morgan fingerprint density at radius 1 is 1.57 bits per heavy atom. The lowest BCUT2D eigenvalue weighted by Crippen LogP contribution is -2.31. The number of aliphatic hydroxyl groups excluding tert-OH is 1. The molecule has 0 radical (unpaired) electrons. The van der Waals surface area contributed by atoms with Crippen molar-refractivity contribution in [1.29, 1.82) is 0 Å². The van der Waals surface area contributed by atoms with E-state index in [0.717, 1.165) is 18.9 Å². The highest BCUT2D eigenvalue weighted by Gasteiger charge is 2.30. The van der Waals surface area contributed by atoms with E-state index < -0.39 is 0 Å². The van der Waals surface area contributed by atoms with Gasteiger partial charge in [0.05, 0.1) is 0 Å². The van der Waals surface area contributed by atoms with Gasteiger partial charge in [0, 0.05) is 19.2 Å². The molecule has 2 N–H and O–H groups in total. The molecule has 0 bridgehead atoms. The van der Waals surface area contributed by atoms with Crippen LogP contribution in [0, 0.1) is 5.92 Å². The standard InChI is InChI=1S/C11H17NOS/c13-5-3-11(10-1-2-10)12-7-9-4-6-14-8-9/h4,6,8,10-13H,1-3,5,7H2. The molecule has 1 fully saturated rings. The molecule has 1 aliphatic carbocycles. The van der Waals surface area contributed by atoms with Crippen molar-refractivity contribution in [1.82, 2.24) is 5.32 Å². The van der Waals surface area contributed by atoms with Crippen LogP contribution in [-0.4, -0.2) is 17.8 Å². The molecule has 1 aliphatic rings. The minimum absolute atomic E-state index is 0.303. The van der Waals surface area contributed by atoms with Gasteiger partial charge in [-0.2, -0.15) is 11.3 Å². The molecule has 2 nitrogen and oxygen atoms in total. The van der Waals surface area contributed by atoms with E-state index in [9.17, 15) is 0 Å². The lowest BCUT2D eigenvalue weighted by molar-refractivity contribution is 0.256. The van der Waals surface area contributed by atoms with E-state index in [4.69, 9.17) is 5.11 Å². The Morgan fingerprint density at radius 3 is 3.00 bits per heavy atom. The molecule has 1 unspecified atom stereocenters. The molecule has 0 spiro atoms. The molecule has 14 heavy (non-hydrogen) atoms. The number of hydrogen-bond acceptors (Lipinski definition) is 3. The normalized spacial score (nSPS) is 18.4. The second-order valence-corrected chi connectivity index (χ2v) is 4.75. The second-order valence-electron chi connectivity index (χ2n) is 3.97. The van der Waals surface area contributed by atoms with Crippen molar-refractivity contribution in [2.45, 2.75) is 31.8 Å². The number of thiophene rings is 1. The van der Waals surface area contributed by atoms with Gasteiger partial charge in [0.15, 0.2) is 0 Å². The van der Waals surface area contributed by atoms with E-state index in [0.29, 0.717) is 12.6 Å². The van der Waals surface area contributed by atoms with Gasteiger partial charge in [0.1, 0.15) is 0 Å². The average molecular weight is 211 g/mol. The highest BCUT2D eigenvalue weighted by molar-refractivity contribution is 7.07. The SMILES string of the molecule is OCCC(NCc1ccsc1)C1CC1. The van der Waals surface area contributed by atoms with E-state index in [1.54, 1.807) is 11.3 Å². The van der Waals surface area contributed by atoms with Crippen LogP contribution < -0.4 is 5.32 Å². The molecule has 0 amide bonds. The molecule has 1 atom stereocenters. The van der Waals surface area contributed by atoms with Gasteiger partial charge >= 0.3 is 0 Å². The molecule has 1 saturated carbocycles. The maximum Gasteiger partial charge on any atom is 0.0445 e. The first kappa shape index (κ1) is 10.1. The van der Waals surface area contributed by atoms with Crippen LogP contribution in [0.2, 0.25) is 0 Å². The zero-order valence-corrected chi connectivity index (χ0v) is 9.09. The smallest absolute Gasteiger partial charge is 0.0445 e. The number of nitrogens with one attached hydrogen (secondary N) is 1. The summed E-state index contributed by atoms with van der Waals surface area (Å²) < 4.78 is 0. The summed E-state index contributed by atoms with van der Waals surface area (Å²) in [6.07, 6.45) is 3.57. The molecule has 0 aliphatic heterocycles. The topological polar surface area (TPSA) is 32.3 Å². The quantitative estimate of drug-likeness (QED) is 0.754. The van der Waals surface area contributed by atoms with Gasteiger partial charge in [-0.25, -0.2) is 0 Å². The van der Waals surface area contributed by atoms with Gasteiger partial charge in [0.25, 0.3) is 0 Å². The van der Waals surface area contributed by atoms with Crippen molar-refractivity contribution in [2.24, 2.45) is 5.92 Å². The molecular weight excluding hydrogens is 194 g/mol.